The summed E-state index contributed by atoms with van der Waals surface area (Å²) in [5.41, 5.74) is 9.48. The van der Waals surface area contributed by atoms with Gasteiger partial charge in [-0.05, 0) is 38.1 Å². The van der Waals surface area contributed by atoms with E-state index in [1.165, 1.54) is 12.4 Å². The number of hydrogen-bond donors (Lipinski definition) is 2. The lowest BCUT2D eigenvalue weighted by Crippen LogP contribution is -2.21. The van der Waals surface area contributed by atoms with Gasteiger partial charge in [-0.2, -0.15) is 10.2 Å². The second-order valence-corrected chi connectivity index (χ2v) is 10.1. The topological polar surface area (TPSA) is 128 Å². The molecule has 12 nitrogen and oxygen atoms in total. The Labute approximate surface area is 252 Å². The monoisotopic (exact) mass is 586 g/mol. The molecule has 3 aromatic carbocycles. The summed E-state index contributed by atoms with van der Waals surface area (Å²) in [4.78, 5) is 26.4. The van der Waals surface area contributed by atoms with Gasteiger partial charge in [-0.15, -0.1) is 10.2 Å². The molecule has 0 aliphatic heterocycles. The third-order valence-corrected chi connectivity index (χ3v) is 7.61. The highest BCUT2D eigenvalue weighted by Crippen LogP contribution is 2.26. The number of rotatable bonds is 8. The average Bonchev–Trinajstić information content (AvgIpc) is 3.40. The molecule has 0 bridgehead atoms. The summed E-state index contributed by atoms with van der Waals surface area (Å²) in [6, 6.07) is 26.4. The third kappa shape index (κ3) is 4.98. The summed E-state index contributed by atoms with van der Waals surface area (Å²) >= 11 is 0. The van der Waals surface area contributed by atoms with Crippen molar-refractivity contribution in [3.63, 3.8) is 0 Å². The van der Waals surface area contributed by atoms with Crippen LogP contribution in [0.4, 0.5) is 11.6 Å². The lowest BCUT2D eigenvalue weighted by molar-refractivity contribution is 0.630. The van der Waals surface area contributed by atoms with E-state index in [2.05, 4.69) is 31.3 Å². The number of hydrazone groups is 2. The predicted molar refractivity (Wildman–Crippen MR) is 173 cm³/mol. The van der Waals surface area contributed by atoms with Gasteiger partial charge in [0.2, 0.25) is 0 Å². The third-order valence-electron chi connectivity index (χ3n) is 7.61. The minimum Gasteiger partial charge on any atom is -0.285 e. The maximum absolute atomic E-state index is 13.2. The summed E-state index contributed by atoms with van der Waals surface area (Å²) in [7, 11) is 3.67. The van der Waals surface area contributed by atoms with Crippen LogP contribution in [0.2, 0.25) is 0 Å². The number of anilines is 2. The first kappa shape index (κ1) is 28.1. The molecule has 0 fully saturated rings. The molecular weight excluding hydrogens is 556 g/mol. The molecule has 44 heavy (non-hydrogen) atoms. The van der Waals surface area contributed by atoms with E-state index >= 15 is 0 Å². The first-order valence-electron chi connectivity index (χ1n) is 13.9. The van der Waals surface area contributed by atoms with Crippen LogP contribution in [0.1, 0.15) is 22.5 Å². The van der Waals surface area contributed by atoms with Crippen molar-refractivity contribution in [1.29, 1.82) is 0 Å². The molecule has 0 amide bonds. The van der Waals surface area contributed by atoms with Crippen molar-refractivity contribution < 1.29 is 0 Å². The van der Waals surface area contributed by atoms with Gasteiger partial charge in [0.05, 0.1) is 34.9 Å². The van der Waals surface area contributed by atoms with Gasteiger partial charge in [0, 0.05) is 36.3 Å². The van der Waals surface area contributed by atoms with Crippen molar-refractivity contribution in [3.05, 3.63) is 128 Å². The molecule has 0 spiro atoms. The summed E-state index contributed by atoms with van der Waals surface area (Å²) in [6.07, 6.45) is 2.99. The van der Waals surface area contributed by atoms with Crippen LogP contribution in [-0.4, -0.2) is 41.4 Å². The molecule has 12 heteroatoms. The maximum atomic E-state index is 13.2. The standard InChI is InChI=1S/C32H30N10O2/c1-21-27(31(43)41(39(21)3)23-13-7-5-8-14-23)19-33-35-29-25-17-11-12-18-26(25)30(38-37-29)36-34-20-28-22(2)40(4)42(32(28)44)24-15-9-6-10-16-24/h5-20H,1-4H3,(H,35,37)(H,36,38)/b33-19-,34-20+. The Bertz CT molecular complexity index is 2000. The smallest absolute Gasteiger partial charge is 0.280 e. The van der Waals surface area contributed by atoms with Crippen molar-refractivity contribution in [2.75, 3.05) is 10.9 Å². The van der Waals surface area contributed by atoms with Crippen molar-refractivity contribution in [3.8, 4) is 11.4 Å². The van der Waals surface area contributed by atoms with Crippen molar-refractivity contribution in [2.45, 2.75) is 13.8 Å². The average molecular weight is 587 g/mol. The Morgan fingerprint density at radius 3 is 1.34 bits per heavy atom. The van der Waals surface area contributed by atoms with E-state index in [0.29, 0.717) is 22.8 Å². The highest BCUT2D eigenvalue weighted by Gasteiger charge is 2.16. The normalized spacial score (nSPS) is 11.6. The SMILES string of the molecule is Cc1c(/C=N\Nc2nnc(N/N=C/c3c(C)n(C)n(-c4ccccc4)c3=O)c3ccccc23)c(=O)n(-c2ccccc2)n1C. The van der Waals surface area contributed by atoms with Crippen molar-refractivity contribution in [1.82, 2.24) is 28.9 Å². The van der Waals surface area contributed by atoms with Gasteiger partial charge in [-0.1, -0.05) is 60.7 Å². The highest BCUT2D eigenvalue weighted by molar-refractivity contribution is 5.98. The predicted octanol–water partition coefficient (Wildman–Crippen LogP) is 4.12. The number of aromatic nitrogens is 6. The second-order valence-electron chi connectivity index (χ2n) is 10.1. The van der Waals surface area contributed by atoms with Gasteiger partial charge in [-0.3, -0.25) is 29.8 Å². The van der Waals surface area contributed by atoms with Gasteiger partial charge < -0.3 is 0 Å². The van der Waals surface area contributed by atoms with Crippen LogP contribution in [0.25, 0.3) is 22.1 Å². The molecule has 0 unspecified atom stereocenters. The van der Waals surface area contributed by atoms with Crippen LogP contribution in [0.5, 0.6) is 0 Å². The Morgan fingerprint density at radius 1 is 0.591 bits per heavy atom. The summed E-state index contributed by atoms with van der Waals surface area (Å²) in [6.45, 7) is 3.73. The van der Waals surface area contributed by atoms with E-state index in [9.17, 15) is 9.59 Å². The van der Waals surface area contributed by atoms with Gasteiger partial charge in [0.15, 0.2) is 11.6 Å². The van der Waals surface area contributed by atoms with Crippen LogP contribution in [0.3, 0.4) is 0 Å². The number of fused-ring (bicyclic) bond motifs is 1. The summed E-state index contributed by atoms with van der Waals surface area (Å²) < 4.78 is 6.79. The lowest BCUT2D eigenvalue weighted by atomic mass is 10.2. The number of benzene rings is 3. The van der Waals surface area contributed by atoms with E-state index in [1.54, 1.807) is 18.7 Å². The fourth-order valence-corrected chi connectivity index (χ4v) is 5.06. The van der Waals surface area contributed by atoms with Crippen LogP contribution < -0.4 is 22.0 Å². The van der Waals surface area contributed by atoms with E-state index in [1.807, 2.05) is 113 Å². The molecule has 3 heterocycles. The molecule has 0 atom stereocenters. The van der Waals surface area contributed by atoms with Crippen molar-refractivity contribution >= 4 is 34.8 Å². The molecule has 6 rings (SSSR count). The molecule has 2 N–H and O–H groups in total. The van der Waals surface area contributed by atoms with Crippen molar-refractivity contribution in [2.24, 2.45) is 24.3 Å². The number of hydrogen-bond acceptors (Lipinski definition) is 8. The molecule has 0 radical (unpaired) electrons. The van der Waals surface area contributed by atoms with E-state index in [4.69, 9.17) is 0 Å². The molecule has 0 aliphatic carbocycles. The lowest BCUT2D eigenvalue weighted by Gasteiger charge is -2.08. The van der Waals surface area contributed by atoms with Crippen LogP contribution >= 0.6 is 0 Å². The highest BCUT2D eigenvalue weighted by atomic mass is 16.1. The van der Waals surface area contributed by atoms with Crippen LogP contribution in [0.15, 0.2) is 105 Å². The van der Waals surface area contributed by atoms with Gasteiger partial charge in [0.25, 0.3) is 11.1 Å². The fourth-order valence-electron chi connectivity index (χ4n) is 5.06. The first-order valence-corrected chi connectivity index (χ1v) is 13.9. The zero-order chi connectivity index (χ0) is 30.8. The molecular formula is C32H30N10O2. The zero-order valence-electron chi connectivity index (χ0n) is 24.6. The van der Waals surface area contributed by atoms with Gasteiger partial charge in [0.1, 0.15) is 0 Å². The quantitative estimate of drug-likeness (QED) is 0.204. The minimum atomic E-state index is -0.181. The Kier molecular flexibility index (Phi) is 7.46. The van der Waals surface area contributed by atoms with E-state index < -0.39 is 0 Å². The number of nitrogens with zero attached hydrogens (tertiary/aromatic N) is 8. The summed E-state index contributed by atoms with van der Waals surface area (Å²) in [5, 5.41) is 18.7. The number of para-hydroxylation sites is 2. The van der Waals surface area contributed by atoms with Gasteiger partial charge in [-0.25, -0.2) is 9.36 Å². The maximum Gasteiger partial charge on any atom is 0.280 e. The van der Waals surface area contributed by atoms with E-state index in [0.717, 1.165) is 33.5 Å². The molecule has 0 saturated carbocycles. The molecule has 0 aliphatic rings. The second kappa shape index (κ2) is 11.7. The van der Waals surface area contributed by atoms with Crippen LogP contribution in [0, 0.1) is 13.8 Å². The molecule has 6 aromatic rings. The van der Waals surface area contributed by atoms with Crippen LogP contribution in [-0.2, 0) is 14.1 Å². The minimum absolute atomic E-state index is 0.181. The Hall–Kier alpha value is -6.04. The number of nitrogens with one attached hydrogen (secondary N) is 2. The van der Waals surface area contributed by atoms with E-state index in [-0.39, 0.29) is 11.1 Å². The Morgan fingerprint density at radius 2 is 0.955 bits per heavy atom. The summed E-state index contributed by atoms with van der Waals surface area (Å²) in [5.74, 6) is 0.820. The largest absolute Gasteiger partial charge is 0.285 e. The zero-order valence-corrected chi connectivity index (χ0v) is 24.6. The molecule has 0 saturated heterocycles. The Balaban J connectivity index is 1.25. The molecule has 3 aromatic heterocycles. The first-order chi connectivity index (χ1) is 21.4. The molecule has 220 valence electrons. The fraction of sp³-hybridized carbons (Fsp3) is 0.125. The van der Waals surface area contributed by atoms with Gasteiger partial charge >= 0.3 is 0 Å².